The van der Waals surface area contributed by atoms with Gasteiger partial charge in [0.05, 0.1) is 41.1 Å². The molecule has 0 fully saturated rings. The van der Waals surface area contributed by atoms with Gasteiger partial charge >= 0.3 is 5.97 Å². The van der Waals surface area contributed by atoms with Crippen LogP contribution in [-0.2, 0) is 4.79 Å². The van der Waals surface area contributed by atoms with E-state index in [9.17, 15) is 9.90 Å². The number of aliphatic carboxylic acids is 1. The number of methoxy groups -OCH3 is 5. The Balaban J connectivity index is 2.67. The molecule has 0 bridgehead atoms. The third kappa shape index (κ3) is 4.44. The molecular weight excluding hydrogens is 352 g/mol. The Hall–Kier alpha value is -3.35. The topological polar surface area (TPSA) is 83.5 Å². The molecule has 0 unspecified atom stereocenters. The van der Waals surface area contributed by atoms with Crippen molar-refractivity contribution in [2.75, 3.05) is 35.5 Å². The van der Waals surface area contributed by atoms with Crippen molar-refractivity contribution in [3.63, 3.8) is 0 Å². The van der Waals surface area contributed by atoms with E-state index in [1.54, 1.807) is 30.3 Å². The summed E-state index contributed by atoms with van der Waals surface area (Å²) in [5.41, 5.74) is 0.989. The van der Waals surface area contributed by atoms with Crippen LogP contribution in [-0.4, -0.2) is 46.6 Å². The van der Waals surface area contributed by atoms with Crippen LogP contribution in [0.2, 0.25) is 0 Å². The van der Waals surface area contributed by atoms with Crippen LogP contribution in [0.5, 0.6) is 28.7 Å². The largest absolute Gasteiger partial charge is 0.497 e. The normalized spacial score (nSPS) is 10.9. The van der Waals surface area contributed by atoms with E-state index in [2.05, 4.69) is 0 Å². The number of carboxylic acid groups (broad SMARTS) is 1. The molecule has 0 spiro atoms. The molecule has 2 aromatic rings. The van der Waals surface area contributed by atoms with E-state index < -0.39 is 5.97 Å². The first-order valence-corrected chi connectivity index (χ1v) is 7.95. The predicted octanol–water partition coefficient (Wildman–Crippen LogP) is 3.35. The third-order valence-electron chi connectivity index (χ3n) is 3.93. The van der Waals surface area contributed by atoms with Gasteiger partial charge in [0.15, 0.2) is 11.5 Å². The van der Waals surface area contributed by atoms with Crippen LogP contribution in [0.4, 0.5) is 0 Å². The second-order valence-corrected chi connectivity index (χ2v) is 5.41. The molecule has 2 aromatic carbocycles. The van der Waals surface area contributed by atoms with Gasteiger partial charge in [-0.05, 0) is 29.8 Å². The highest BCUT2D eigenvalue weighted by Gasteiger charge is 2.17. The lowest BCUT2D eigenvalue weighted by atomic mass is 10.0. The summed E-state index contributed by atoms with van der Waals surface area (Å²) in [6.07, 6.45) is 1.50. The Bertz CT molecular complexity index is 833. The third-order valence-corrected chi connectivity index (χ3v) is 3.93. The van der Waals surface area contributed by atoms with Gasteiger partial charge in [0.2, 0.25) is 0 Å². The average Bonchev–Trinajstić information content (AvgIpc) is 2.70. The van der Waals surface area contributed by atoms with Crippen LogP contribution in [0.25, 0.3) is 11.6 Å². The Kier molecular flexibility index (Phi) is 6.54. The summed E-state index contributed by atoms with van der Waals surface area (Å²) in [4.78, 5) is 11.9. The molecule has 0 saturated heterocycles. The minimum Gasteiger partial charge on any atom is -0.497 e. The van der Waals surface area contributed by atoms with Crippen LogP contribution in [0.15, 0.2) is 30.3 Å². The number of ether oxygens (including phenoxy) is 5. The molecule has 0 heterocycles. The number of hydrogen-bond donors (Lipinski definition) is 1. The standard InChI is InChI=1S/C20H22O7/c1-23-14-6-12(7-15(10-14)24-2)16(20(21)22)8-13-9-18(26-4)19(27-5)11-17(13)25-3/h6-11H,1-5H3,(H,21,22)/b16-8+. The van der Waals surface area contributed by atoms with E-state index in [0.29, 0.717) is 39.9 Å². The van der Waals surface area contributed by atoms with E-state index >= 15 is 0 Å². The molecule has 27 heavy (non-hydrogen) atoms. The lowest BCUT2D eigenvalue weighted by Crippen LogP contribution is -2.02. The molecule has 1 N–H and O–H groups in total. The second kappa shape index (κ2) is 8.84. The fraction of sp³-hybridized carbons (Fsp3) is 0.250. The zero-order valence-electron chi connectivity index (χ0n) is 15.9. The molecule has 0 saturated carbocycles. The smallest absolute Gasteiger partial charge is 0.336 e. The van der Waals surface area contributed by atoms with Crippen LogP contribution in [0.3, 0.4) is 0 Å². The first-order chi connectivity index (χ1) is 13.0. The SMILES string of the molecule is COc1cc(OC)cc(/C(=C\c2cc(OC)c(OC)cc2OC)C(=O)O)c1. The van der Waals surface area contributed by atoms with E-state index in [-0.39, 0.29) is 5.57 Å². The quantitative estimate of drug-likeness (QED) is 0.560. The summed E-state index contributed by atoms with van der Waals surface area (Å²) in [5, 5.41) is 9.76. The molecule has 0 aliphatic rings. The first-order valence-electron chi connectivity index (χ1n) is 7.95. The highest BCUT2D eigenvalue weighted by Crippen LogP contribution is 2.37. The van der Waals surface area contributed by atoms with Crippen molar-refractivity contribution >= 4 is 17.6 Å². The minimum atomic E-state index is -1.11. The molecule has 144 valence electrons. The van der Waals surface area contributed by atoms with Gasteiger partial charge in [-0.1, -0.05) is 0 Å². The predicted molar refractivity (Wildman–Crippen MR) is 101 cm³/mol. The Morgan fingerprint density at radius 3 is 1.70 bits per heavy atom. The number of benzene rings is 2. The first kappa shape index (κ1) is 20.0. The van der Waals surface area contributed by atoms with Crippen molar-refractivity contribution in [3.05, 3.63) is 41.5 Å². The molecule has 0 aliphatic carbocycles. The molecule has 7 nitrogen and oxygen atoms in total. The summed E-state index contributed by atoms with van der Waals surface area (Å²) in [5.74, 6) is 1.24. The fourth-order valence-electron chi connectivity index (χ4n) is 2.55. The summed E-state index contributed by atoms with van der Waals surface area (Å²) in [6, 6.07) is 8.19. The second-order valence-electron chi connectivity index (χ2n) is 5.41. The van der Waals surface area contributed by atoms with Crippen molar-refractivity contribution < 1.29 is 33.6 Å². The lowest BCUT2D eigenvalue weighted by molar-refractivity contribution is -0.130. The Labute approximate surface area is 157 Å². The van der Waals surface area contributed by atoms with Crippen LogP contribution in [0.1, 0.15) is 11.1 Å². The van der Waals surface area contributed by atoms with Crippen molar-refractivity contribution in [1.29, 1.82) is 0 Å². The van der Waals surface area contributed by atoms with Gasteiger partial charge in [-0.2, -0.15) is 0 Å². The molecule has 0 aliphatic heterocycles. The number of rotatable bonds is 8. The molecule has 0 aromatic heterocycles. The highest BCUT2D eigenvalue weighted by atomic mass is 16.5. The highest BCUT2D eigenvalue weighted by molar-refractivity contribution is 6.21. The molecule has 2 rings (SSSR count). The van der Waals surface area contributed by atoms with Gasteiger partial charge in [-0.15, -0.1) is 0 Å². The van der Waals surface area contributed by atoms with Crippen LogP contribution < -0.4 is 23.7 Å². The number of carboxylic acids is 1. The molecule has 0 atom stereocenters. The summed E-state index contributed by atoms with van der Waals surface area (Å²) < 4.78 is 26.4. The van der Waals surface area contributed by atoms with Crippen LogP contribution in [0, 0.1) is 0 Å². The van der Waals surface area contributed by atoms with Gasteiger partial charge < -0.3 is 28.8 Å². The van der Waals surface area contributed by atoms with Crippen molar-refractivity contribution in [1.82, 2.24) is 0 Å². The summed E-state index contributed by atoms with van der Waals surface area (Å²) in [7, 11) is 7.51. The summed E-state index contributed by atoms with van der Waals surface area (Å²) in [6.45, 7) is 0. The average molecular weight is 374 g/mol. The van der Waals surface area contributed by atoms with E-state index in [0.717, 1.165) is 0 Å². The van der Waals surface area contributed by atoms with Crippen molar-refractivity contribution in [2.24, 2.45) is 0 Å². The Morgan fingerprint density at radius 1 is 0.741 bits per heavy atom. The van der Waals surface area contributed by atoms with E-state index in [1.165, 1.54) is 41.6 Å². The molecule has 0 amide bonds. The molecular formula is C20H22O7. The fourth-order valence-corrected chi connectivity index (χ4v) is 2.55. The van der Waals surface area contributed by atoms with Gasteiger partial charge in [0, 0.05) is 17.7 Å². The zero-order valence-corrected chi connectivity index (χ0v) is 15.9. The number of carbonyl (C=O) groups is 1. The monoisotopic (exact) mass is 374 g/mol. The molecule has 7 heteroatoms. The maximum atomic E-state index is 11.9. The van der Waals surface area contributed by atoms with Crippen molar-refractivity contribution in [3.8, 4) is 28.7 Å². The minimum absolute atomic E-state index is 0.0396. The lowest BCUT2D eigenvalue weighted by Gasteiger charge is -2.13. The van der Waals surface area contributed by atoms with Gasteiger partial charge in [0.1, 0.15) is 17.2 Å². The van der Waals surface area contributed by atoms with E-state index in [4.69, 9.17) is 23.7 Å². The maximum Gasteiger partial charge on any atom is 0.336 e. The molecule has 0 radical (unpaired) electrons. The van der Waals surface area contributed by atoms with Gasteiger partial charge in [-0.3, -0.25) is 0 Å². The zero-order chi connectivity index (χ0) is 20.0. The van der Waals surface area contributed by atoms with Gasteiger partial charge in [-0.25, -0.2) is 4.79 Å². The number of hydrogen-bond acceptors (Lipinski definition) is 6. The van der Waals surface area contributed by atoms with Crippen molar-refractivity contribution in [2.45, 2.75) is 0 Å². The Morgan fingerprint density at radius 2 is 1.26 bits per heavy atom. The van der Waals surface area contributed by atoms with Gasteiger partial charge in [0.25, 0.3) is 0 Å². The maximum absolute atomic E-state index is 11.9. The van der Waals surface area contributed by atoms with E-state index in [1.807, 2.05) is 0 Å². The summed E-state index contributed by atoms with van der Waals surface area (Å²) >= 11 is 0. The van der Waals surface area contributed by atoms with Crippen LogP contribution >= 0.6 is 0 Å².